The van der Waals surface area contributed by atoms with Crippen molar-refractivity contribution in [2.45, 2.75) is 47.0 Å². The van der Waals surface area contributed by atoms with Crippen LogP contribution in [0.1, 0.15) is 47.0 Å². The van der Waals surface area contributed by atoms with Gasteiger partial charge in [-0.15, -0.1) is 0 Å². The standard InChI is InChI=1S/C13H30N2/c1-5-12(3)11-15(6-2)9-7-8-13(4)10-14/h12-13H,5-11,14H2,1-4H3. The third kappa shape index (κ3) is 7.80. The third-order valence-electron chi connectivity index (χ3n) is 3.29. The van der Waals surface area contributed by atoms with E-state index in [0.29, 0.717) is 5.92 Å². The highest BCUT2D eigenvalue weighted by atomic mass is 15.1. The molecule has 0 fully saturated rings. The molecule has 0 aliphatic rings. The molecule has 2 N–H and O–H groups in total. The molecular weight excluding hydrogens is 184 g/mol. The number of rotatable bonds is 9. The average Bonchev–Trinajstić information content (AvgIpc) is 2.26. The largest absolute Gasteiger partial charge is 0.330 e. The van der Waals surface area contributed by atoms with Gasteiger partial charge in [0.05, 0.1) is 0 Å². The maximum absolute atomic E-state index is 5.61. The van der Waals surface area contributed by atoms with E-state index in [0.717, 1.165) is 12.5 Å². The summed E-state index contributed by atoms with van der Waals surface area (Å²) in [5.74, 6) is 1.52. The second kappa shape index (κ2) is 9.17. The van der Waals surface area contributed by atoms with Crippen molar-refractivity contribution < 1.29 is 0 Å². The highest BCUT2D eigenvalue weighted by Gasteiger charge is 2.07. The van der Waals surface area contributed by atoms with Gasteiger partial charge in [-0.1, -0.05) is 34.1 Å². The van der Waals surface area contributed by atoms with Gasteiger partial charge < -0.3 is 10.6 Å². The number of nitrogens with zero attached hydrogens (tertiary/aromatic N) is 1. The molecule has 0 aliphatic carbocycles. The molecular formula is C13H30N2. The molecule has 0 aromatic carbocycles. The summed E-state index contributed by atoms with van der Waals surface area (Å²) in [6, 6.07) is 0. The lowest BCUT2D eigenvalue weighted by atomic mass is 10.1. The maximum Gasteiger partial charge on any atom is 0.000680 e. The zero-order valence-corrected chi connectivity index (χ0v) is 11.1. The summed E-state index contributed by atoms with van der Waals surface area (Å²) in [4.78, 5) is 2.57. The number of hydrogen-bond donors (Lipinski definition) is 1. The molecule has 0 aromatic rings. The van der Waals surface area contributed by atoms with E-state index < -0.39 is 0 Å². The lowest BCUT2D eigenvalue weighted by Crippen LogP contribution is -2.29. The monoisotopic (exact) mass is 214 g/mol. The molecule has 0 bridgehead atoms. The second-order valence-electron chi connectivity index (χ2n) is 4.89. The van der Waals surface area contributed by atoms with Crippen molar-refractivity contribution in [2.24, 2.45) is 17.6 Å². The minimum absolute atomic E-state index is 0.687. The van der Waals surface area contributed by atoms with Crippen LogP contribution in [0.15, 0.2) is 0 Å². The fourth-order valence-electron chi connectivity index (χ4n) is 1.73. The van der Waals surface area contributed by atoms with Crippen LogP contribution in [0.4, 0.5) is 0 Å². The summed E-state index contributed by atoms with van der Waals surface area (Å²) in [6.45, 7) is 13.6. The molecule has 2 heteroatoms. The van der Waals surface area contributed by atoms with Crippen molar-refractivity contribution in [1.82, 2.24) is 4.90 Å². The Morgan fingerprint density at radius 1 is 1.13 bits per heavy atom. The van der Waals surface area contributed by atoms with Gasteiger partial charge in [0, 0.05) is 6.54 Å². The Hall–Kier alpha value is -0.0800. The Bertz CT molecular complexity index is 136. The molecule has 0 amide bonds. The van der Waals surface area contributed by atoms with Gasteiger partial charge in [-0.05, 0) is 44.3 Å². The van der Waals surface area contributed by atoms with E-state index >= 15 is 0 Å². The van der Waals surface area contributed by atoms with Crippen LogP contribution in [0.2, 0.25) is 0 Å². The highest BCUT2D eigenvalue weighted by molar-refractivity contribution is 4.62. The molecule has 92 valence electrons. The topological polar surface area (TPSA) is 29.3 Å². The van der Waals surface area contributed by atoms with Gasteiger partial charge in [0.1, 0.15) is 0 Å². The minimum atomic E-state index is 0.687. The lowest BCUT2D eigenvalue weighted by molar-refractivity contribution is 0.237. The van der Waals surface area contributed by atoms with Crippen LogP contribution in [0, 0.1) is 11.8 Å². The molecule has 15 heavy (non-hydrogen) atoms. The third-order valence-corrected chi connectivity index (χ3v) is 3.29. The van der Waals surface area contributed by atoms with E-state index in [2.05, 4.69) is 32.6 Å². The molecule has 0 heterocycles. The van der Waals surface area contributed by atoms with Crippen molar-refractivity contribution in [3.63, 3.8) is 0 Å². The van der Waals surface area contributed by atoms with Crippen molar-refractivity contribution in [3.8, 4) is 0 Å². The van der Waals surface area contributed by atoms with Crippen LogP contribution < -0.4 is 5.73 Å². The summed E-state index contributed by atoms with van der Waals surface area (Å²) in [7, 11) is 0. The fraction of sp³-hybridized carbons (Fsp3) is 1.00. The fourth-order valence-corrected chi connectivity index (χ4v) is 1.73. The van der Waals surface area contributed by atoms with Gasteiger partial charge in [0.25, 0.3) is 0 Å². The van der Waals surface area contributed by atoms with Crippen LogP contribution in [0.3, 0.4) is 0 Å². The predicted molar refractivity (Wildman–Crippen MR) is 69.0 cm³/mol. The van der Waals surface area contributed by atoms with E-state index in [-0.39, 0.29) is 0 Å². The molecule has 0 saturated carbocycles. The maximum atomic E-state index is 5.61. The quantitative estimate of drug-likeness (QED) is 0.639. The summed E-state index contributed by atoms with van der Waals surface area (Å²) in [5, 5.41) is 0. The van der Waals surface area contributed by atoms with E-state index in [9.17, 15) is 0 Å². The smallest absolute Gasteiger partial charge is 0.000680 e. The van der Waals surface area contributed by atoms with E-state index in [1.165, 1.54) is 38.9 Å². The van der Waals surface area contributed by atoms with Crippen LogP contribution >= 0.6 is 0 Å². The van der Waals surface area contributed by atoms with Crippen LogP contribution in [-0.2, 0) is 0 Å². The zero-order valence-electron chi connectivity index (χ0n) is 11.1. The normalized spacial score (nSPS) is 15.6. The van der Waals surface area contributed by atoms with Gasteiger partial charge in [0.2, 0.25) is 0 Å². The predicted octanol–water partition coefficient (Wildman–Crippen LogP) is 2.73. The SMILES string of the molecule is CCC(C)CN(CC)CCCC(C)CN. The Morgan fingerprint density at radius 3 is 2.27 bits per heavy atom. The molecule has 2 nitrogen and oxygen atoms in total. The summed E-state index contributed by atoms with van der Waals surface area (Å²) in [5.41, 5.74) is 5.61. The summed E-state index contributed by atoms with van der Waals surface area (Å²) >= 11 is 0. The first-order valence-corrected chi connectivity index (χ1v) is 6.56. The number of hydrogen-bond acceptors (Lipinski definition) is 2. The highest BCUT2D eigenvalue weighted by Crippen LogP contribution is 2.08. The first-order valence-electron chi connectivity index (χ1n) is 6.56. The minimum Gasteiger partial charge on any atom is -0.330 e. The van der Waals surface area contributed by atoms with E-state index in [1.54, 1.807) is 0 Å². The van der Waals surface area contributed by atoms with Gasteiger partial charge in [-0.25, -0.2) is 0 Å². The summed E-state index contributed by atoms with van der Waals surface area (Å²) in [6.07, 6.45) is 3.85. The molecule has 2 unspecified atom stereocenters. The van der Waals surface area contributed by atoms with E-state index in [4.69, 9.17) is 5.73 Å². The second-order valence-corrected chi connectivity index (χ2v) is 4.89. The lowest BCUT2D eigenvalue weighted by Gasteiger charge is -2.24. The van der Waals surface area contributed by atoms with Crippen molar-refractivity contribution in [3.05, 3.63) is 0 Å². The average molecular weight is 214 g/mol. The van der Waals surface area contributed by atoms with Crippen molar-refractivity contribution >= 4 is 0 Å². The van der Waals surface area contributed by atoms with Crippen molar-refractivity contribution in [2.75, 3.05) is 26.2 Å². The zero-order chi connectivity index (χ0) is 11.7. The molecule has 2 atom stereocenters. The van der Waals surface area contributed by atoms with Gasteiger partial charge in [0.15, 0.2) is 0 Å². The molecule has 0 aliphatic heterocycles. The summed E-state index contributed by atoms with van der Waals surface area (Å²) < 4.78 is 0. The molecule has 0 radical (unpaired) electrons. The molecule has 0 saturated heterocycles. The van der Waals surface area contributed by atoms with E-state index in [1.807, 2.05) is 0 Å². The first-order chi connectivity index (χ1) is 7.13. The molecule has 0 rings (SSSR count). The van der Waals surface area contributed by atoms with Crippen LogP contribution in [0.25, 0.3) is 0 Å². The molecule has 0 aromatic heterocycles. The Labute approximate surface area is 96.2 Å². The van der Waals surface area contributed by atoms with Gasteiger partial charge in [-0.2, -0.15) is 0 Å². The van der Waals surface area contributed by atoms with Gasteiger partial charge >= 0.3 is 0 Å². The number of nitrogens with two attached hydrogens (primary N) is 1. The van der Waals surface area contributed by atoms with Crippen molar-refractivity contribution in [1.29, 1.82) is 0 Å². The first kappa shape index (κ1) is 14.9. The Kier molecular flexibility index (Phi) is 9.12. The van der Waals surface area contributed by atoms with Crippen LogP contribution in [0.5, 0.6) is 0 Å². The molecule has 0 spiro atoms. The van der Waals surface area contributed by atoms with Gasteiger partial charge in [-0.3, -0.25) is 0 Å². The Morgan fingerprint density at radius 2 is 1.80 bits per heavy atom. The van der Waals surface area contributed by atoms with Crippen LogP contribution in [-0.4, -0.2) is 31.1 Å². The Balaban J connectivity index is 3.61.